The fraction of sp³-hybridized carbons (Fsp3) is 0.556. The summed E-state index contributed by atoms with van der Waals surface area (Å²) in [5.41, 5.74) is -1.66. The average Bonchev–Trinajstić information content (AvgIpc) is 3.22. The molecule has 1 spiro atoms. The van der Waals surface area contributed by atoms with Crippen molar-refractivity contribution in [3.05, 3.63) is 70.5 Å². The van der Waals surface area contributed by atoms with Crippen LogP contribution in [0.1, 0.15) is 120 Å². The molecular weight excluding hydrogens is 614 g/mol. The van der Waals surface area contributed by atoms with Crippen LogP contribution in [0.2, 0.25) is 0 Å². The maximum Gasteiger partial charge on any atom is 0.416 e. The van der Waals surface area contributed by atoms with Gasteiger partial charge in [0.2, 0.25) is 0 Å². The molecule has 1 aliphatic carbocycles. The zero-order valence-corrected chi connectivity index (χ0v) is 27.9. The predicted molar refractivity (Wildman–Crippen MR) is 171 cm³/mol. The van der Waals surface area contributed by atoms with E-state index in [0.29, 0.717) is 43.2 Å². The number of carbonyl (C=O) groups excluding carboxylic acids is 2. The fourth-order valence-electron chi connectivity index (χ4n) is 6.68. The largest absolute Gasteiger partial charge is 0.481 e. The minimum atomic E-state index is -4.81. The van der Waals surface area contributed by atoms with Crippen molar-refractivity contribution in [2.75, 3.05) is 6.54 Å². The molecule has 0 bridgehead atoms. The maximum absolute atomic E-state index is 14.6. The summed E-state index contributed by atoms with van der Waals surface area (Å²) in [6.07, 6.45) is -1.30. The summed E-state index contributed by atoms with van der Waals surface area (Å²) in [6, 6.07) is 8.34. The second kappa shape index (κ2) is 13.4. The molecule has 2 aromatic carbocycles. The van der Waals surface area contributed by atoms with Gasteiger partial charge in [0.25, 0.3) is 11.8 Å². The minimum Gasteiger partial charge on any atom is -0.481 e. The van der Waals surface area contributed by atoms with Crippen LogP contribution in [-0.2, 0) is 15.8 Å². The van der Waals surface area contributed by atoms with Crippen molar-refractivity contribution >= 4 is 23.5 Å². The molecule has 2 amide bonds. The van der Waals surface area contributed by atoms with E-state index in [9.17, 15) is 31.9 Å². The van der Waals surface area contributed by atoms with Gasteiger partial charge in [0.15, 0.2) is 0 Å². The molecule has 1 unspecified atom stereocenters. The number of amides is 2. The number of benzene rings is 2. The smallest absolute Gasteiger partial charge is 0.416 e. The lowest BCUT2D eigenvalue weighted by atomic mass is 9.69. The summed E-state index contributed by atoms with van der Waals surface area (Å²) in [7, 11) is 0. The SMILES string of the molecule is CC(C)(C)CCC(c1ccc(C(=O)NCCC(=O)O)cc1)N1C(=O)C(c2cc(F)cc(C(F)(F)F)c2)=NC12CCC(C(C)(C)C)CC2. The van der Waals surface area contributed by atoms with Gasteiger partial charge in [-0.25, -0.2) is 4.39 Å². The number of carboxylic acid groups (broad SMARTS) is 1. The van der Waals surface area contributed by atoms with Crippen molar-refractivity contribution in [2.45, 2.75) is 104 Å². The first kappa shape index (κ1) is 36.1. The van der Waals surface area contributed by atoms with Gasteiger partial charge in [0, 0.05) is 17.7 Å². The van der Waals surface area contributed by atoms with Crippen LogP contribution in [0.25, 0.3) is 0 Å². The molecule has 256 valence electrons. The molecule has 1 aliphatic heterocycles. The Morgan fingerprint density at radius 3 is 2.17 bits per heavy atom. The Kier molecular flexibility index (Phi) is 10.3. The standard InChI is InChI=1S/C36H45F4N3O4/c1-33(2,3)15-13-28(22-7-9-23(10-8-22)31(46)41-18-14-29(44)45)43-32(47)30(24-19-26(36(38,39)40)21-27(37)20-24)42-35(43)16-11-25(12-17-35)34(4,5)6/h7-10,19-21,25,28H,11-18H2,1-6H3,(H,41,46)(H,44,45). The van der Waals surface area contributed by atoms with Gasteiger partial charge in [0.05, 0.1) is 18.0 Å². The number of hydrogen-bond acceptors (Lipinski definition) is 4. The zero-order valence-electron chi connectivity index (χ0n) is 27.9. The summed E-state index contributed by atoms with van der Waals surface area (Å²) in [5, 5.41) is 11.5. The van der Waals surface area contributed by atoms with Crippen LogP contribution in [-0.4, -0.2) is 45.7 Å². The molecule has 0 radical (unpaired) electrons. The number of hydrogen-bond donors (Lipinski definition) is 2. The third-order valence-electron chi connectivity index (χ3n) is 9.36. The number of nitrogens with zero attached hydrogens (tertiary/aromatic N) is 2. The molecule has 1 heterocycles. The third kappa shape index (κ3) is 8.59. The van der Waals surface area contributed by atoms with Gasteiger partial charge in [-0.15, -0.1) is 0 Å². The van der Waals surface area contributed by atoms with E-state index >= 15 is 0 Å². The molecular formula is C36H45F4N3O4. The minimum absolute atomic E-state index is 0.0122. The Hall–Kier alpha value is -3.76. The highest BCUT2D eigenvalue weighted by Gasteiger charge is 2.53. The van der Waals surface area contributed by atoms with Crippen LogP contribution in [0, 0.1) is 22.6 Å². The summed E-state index contributed by atoms with van der Waals surface area (Å²) >= 11 is 0. The van der Waals surface area contributed by atoms with E-state index in [4.69, 9.17) is 10.1 Å². The zero-order chi connectivity index (χ0) is 34.9. The first-order valence-corrected chi connectivity index (χ1v) is 16.1. The highest BCUT2D eigenvalue weighted by Crippen LogP contribution is 2.50. The summed E-state index contributed by atoms with van der Waals surface area (Å²) < 4.78 is 55.7. The van der Waals surface area contributed by atoms with Crippen LogP contribution in [0.5, 0.6) is 0 Å². The Balaban J connectivity index is 1.78. The normalized spacial score (nSPS) is 21.1. The molecule has 0 aromatic heterocycles. The summed E-state index contributed by atoms with van der Waals surface area (Å²) in [6.45, 7) is 12.7. The second-order valence-electron chi connectivity index (χ2n) is 15.1. The molecule has 1 saturated carbocycles. The van der Waals surface area contributed by atoms with E-state index < -0.39 is 47.0 Å². The molecule has 1 atom stereocenters. The van der Waals surface area contributed by atoms with Gasteiger partial charge in [0.1, 0.15) is 17.2 Å². The highest BCUT2D eigenvalue weighted by atomic mass is 19.4. The van der Waals surface area contributed by atoms with Gasteiger partial charge < -0.3 is 15.3 Å². The summed E-state index contributed by atoms with van der Waals surface area (Å²) in [4.78, 5) is 44.6. The monoisotopic (exact) mass is 659 g/mol. The Labute approximate surface area is 273 Å². The summed E-state index contributed by atoms with van der Waals surface area (Å²) in [5.74, 6) is -2.77. The molecule has 2 aromatic rings. The Bertz CT molecular complexity index is 1510. The van der Waals surface area contributed by atoms with Crippen LogP contribution in [0.4, 0.5) is 17.6 Å². The number of carbonyl (C=O) groups is 3. The molecule has 11 heteroatoms. The van der Waals surface area contributed by atoms with Crippen LogP contribution in [0.15, 0.2) is 47.5 Å². The molecule has 4 rings (SSSR count). The van der Waals surface area contributed by atoms with Gasteiger partial charge in [-0.3, -0.25) is 19.4 Å². The molecule has 2 N–H and O–H groups in total. The fourth-order valence-corrected chi connectivity index (χ4v) is 6.68. The van der Waals surface area contributed by atoms with Crippen molar-refractivity contribution in [1.29, 1.82) is 0 Å². The van der Waals surface area contributed by atoms with E-state index in [-0.39, 0.29) is 35.1 Å². The van der Waals surface area contributed by atoms with E-state index in [1.54, 1.807) is 29.2 Å². The topological polar surface area (TPSA) is 99.1 Å². The number of rotatable bonds is 9. The first-order valence-electron chi connectivity index (χ1n) is 16.1. The van der Waals surface area contributed by atoms with Crippen molar-refractivity contribution < 1.29 is 37.1 Å². The van der Waals surface area contributed by atoms with E-state index in [0.717, 1.165) is 30.5 Å². The lowest BCUT2D eigenvalue weighted by molar-refractivity contribution is -0.138. The second-order valence-corrected chi connectivity index (χ2v) is 15.1. The van der Waals surface area contributed by atoms with Gasteiger partial charge >= 0.3 is 12.1 Å². The molecule has 1 fully saturated rings. The number of nitrogens with one attached hydrogen (secondary N) is 1. The lowest BCUT2D eigenvalue weighted by Gasteiger charge is -2.47. The van der Waals surface area contributed by atoms with Gasteiger partial charge in [-0.2, -0.15) is 13.2 Å². The molecule has 2 aliphatic rings. The number of halogens is 4. The van der Waals surface area contributed by atoms with Crippen molar-refractivity contribution in [1.82, 2.24) is 10.2 Å². The Morgan fingerprint density at radius 2 is 1.64 bits per heavy atom. The predicted octanol–water partition coefficient (Wildman–Crippen LogP) is 8.18. The van der Waals surface area contributed by atoms with E-state index in [1.807, 2.05) is 0 Å². The number of alkyl halides is 3. The van der Waals surface area contributed by atoms with Crippen LogP contribution >= 0.6 is 0 Å². The van der Waals surface area contributed by atoms with Gasteiger partial charge in [-0.05, 0) is 91.2 Å². The van der Waals surface area contributed by atoms with Crippen LogP contribution < -0.4 is 5.32 Å². The van der Waals surface area contributed by atoms with Crippen molar-refractivity contribution in [3.8, 4) is 0 Å². The molecule has 0 saturated heterocycles. The number of aliphatic imine (C=N–C) groups is 1. The van der Waals surface area contributed by atoms with Gasteiger partial charge in [-0.1, -0.05) is 53.7 Å². The average molecular weight is 660 g/mol. The number of carboxylic acids is 1. The quantitative estimate of drug-likeness (QED) is 0.265. The number of aliphatic carboxylic acids is 1. The third-order valence-corrected chi connectivity index (χ3v) is 9.36. The highest BCUT2D eigenvalue weighted by molar-refractivity contribution is 6.46. The molecule has 7 nitrogen and oxygen atoms in total. The van der Waals surface area contributed by atoms with Crippen LogP contribution in [0.3, 0.4) is 0 Å². The Morgan fingerprint density at radius 1 is 1.02 bits per heavy atom. The van der Waals surface area contributed by atoms with E-state index in [1.165, 1.54) is 0 Å². The van der Waals surface area contributed by atoms with Crippen molar-refractivity contribution in [3.63, 3.8) is 0 Å². The maximum atomic E-state index is 14.6. The first-order chi connectivity index (χ1) is 21.7. The lowest BCUT2D eigenvalue weighted by Crippen LogP contribution is -2.51. The van der Waals surface area contributed by atoms with Crippen molar-refractivity contribution in [2.24, 2.45) is 21.7 Å². The van der Waals surface area contributed by atoms with E-state index in [2.05, 4.69) is 46.9 Å². The molecule has 47 heavy (non-hydrogen) atoms.